The molecule has 0 aromatic heterocycles. The standard InChI is InChI=1S/C19H29NO3/c1-18(2,3)16-8-5-15(6-9-16)7-10-17(21)20-12-11-19(4)22-13-14-23-19/h5-6,8-9H,7,10-14H2,1-4H3,(H,20,21). The van der Waals surface area contributed by atoms with Crippen molar-refractivity contribution in [1.82, 2.24) is 5.32 Å². The summed E-state index contributed by atoms with van der Waals surface area (Å²) in [6.07, 6.45) is 1.95. The van der Waals surface area contributed by atoms with Gasteiger partial charge in [-0.15, -0.1) is 0 Å². The van der Waals surface area contributed by atoms with E-state index in [9.17, 15) is 4.79 Å². The minimum Gasteiger partial charge on any atom is -0.356 e. The lowest BCUT2D eigenvalue weighted by molar-refractivity contribution is -0.146. The average Bonchev–Trinajstić information content (AvgIpc) is 2.91. The van der Waals surface area contributed by atoms with Crippen molar-refractivity contribution in [2.24, 2.45) is 0 Å². The number of nitrogens with one attached hydrogen (secondary N) is 1. The Hall–Kier alpha value is -1.39. The van der Waals surface area contributed by atoms with Gasteiger partial charge in [0.25, 0.3) is 0 Å². The first-order valence-electron chi connectivity index (χ1n) is 8.43. The van der Waals surface area contributed by atoms with Crippen LogP contribution in [0.5, 0.6) is 0 Å². The van der Waals surface area contributed by atoms with E-state index in [1.54, 1.807) is 0 Å². The number of benzene rings is 1. The maximum absolute atomic E-state index is 11.9. The number of carbonyl (C=O) groups excluding carboxylic acids is 1. The third-order valence-corrected chi connectivity index (χ3v) is 4.26. The van der Waals surface area contributed by atoms with Gasteiger partial charge in [0.1, 0.15) is 0 Å². The maximum atomic E-state index is 11.9. The third kappa shape index (κ3) is 5.63. The molecule has 0 aliphatic carbocycles. The second-order valence-corrected chi connectivity index (χ2v) is 7.38. The molecule has 23 heavy (non-hydrogen) atoms. The van der Waals surface area contributed by atoms with Crippen molar-refractivity contribution in [3.63, 3.8) is 0 Å². The normalized spacial score (nSPS) is 17.2. The molecule has 1 N–H and O–H groups in total. The van der Waals surface area contributed by atoms with Crippen LogP contribution in [0.4, 0.5) is 0 Å². The first-order chi connectivity index (χ1) is 10.8. The summed E-state index contributed by atoms with van der Waals surface area (Å²) in [5, 5.41) is 2.94. The van der Waals surface area contributed by atoms with Crippen LogP contribution in [0.3, 0.4) is 0 Å². The molecule has 2 rings (SSSR count). The smallest absolute Gasteiger partial charge is 0.220 e. The molecule has 128 valence electrons. The number of aryl methyl sites for hydroxylation is 1. The summed E-state index contributed by atoms with van der Waals surface area (Å²) in [7, 11) is 0. The van der Waals surface area contributed by atoms with E-state index in [-0.39, 0.29) is 11.3 Å². The van der Waals surface area contributed by atoms with Crippen LogP contribution >= 0.6 is 0 Å². The van der Waals surface area contributed by atoms with Crippen molar-refractivity contribution in [3.8, 4) is 0 Å². The molecule has 0 bridgehead atoms. The molecular weight excluding hydrogens is 290 g/mol. The second-order valence-electron chi connectivity index (χ2n) is 7.38. The average molecular weight is 319 g/mol. The van der Waals surface area contributed by atoms with Crippen LogP contribution in [-0.4, -0.2) is 31.5 Å². The number of carbonyl (C=O) groups is 1. The molecule has 1 amide bonds. The Morgan fingerprint density at radius 3 is 2.35 bits per heavy atom. The molecule has 1 heterocycles. The van der Waals surface area contributed by atoms with Gasteiger partial charge in [0.05, 0.1) is 13.2 Å². The van der Waals surface area contributed by atoms with E-state index in [4.69, 9.17) is 9.47 Å². The van der Waals surface area contributed by atoms with Crippen LogP contribution in [0.1, 0.15) is 51.7 Å². The quantitative estimate of drug-likeness (QED) is 0.876. The fraction of sp³-hybridized carbons (Fsp3) is 0.632. The molecule has 0 atom stereocenters. The van der Waals surface area contributed by atoms with Gasteiger partial charge in [-0.25, -0.2) is 0 Å². The van der Waals surface area contributed by atoms with E-state index in [1.165, 1.54) is 11.1 Å². The summed E-state index contributed by atoms with van der Waals surface area (Å²) < 4.78 is 11.0. The molecule has 0 unspecified atom stereocenters. The van der Waals surface area contributed by atoms with Crippen molar-refractivity contribution in [2.75, 3.05) is 19.8 Å². The van der Waals surface area contributed by atoms with Crippen LogP contribution in [0.25, 0.3) is 0 Å². The summed E-state index contributed by atoms with van der Waals surface area (Å²) in [4.78, 5) is 11.9. The zero-order valence-corrected chi connectivity index (χ0v) is 14.8. The number of amides is 1. The van der Waals surface area contributed by atoms with Crippen LogP contribution in [0.15, 0.2) is 24.3 Å². The number of rotatable bonds is 6. The molecule has 0 saturated carbocycles. The fourth-order valence-electron chi connectivity index (χ4n) is 2.65. The zero-order chi connectivity index (χ0) is 16.9. The molecule has 1 aliphatic rings. The van der Waals surface area contributed by atoms with Crippen molar-refractivity contribution in [3.05, 3.63) is 35.4 Å². The highest BCUT2D eigenvalue weighted by Gasteiger charge is 2.30. The van der Waals surface area contributed by atoms with Gasteiger partial charge in [0.2, 0.25) is 5.91 Å². The molecular formula is C19H29NO3. The second kappa shape index (κ2) is 7.45. The predicted molar refractivity (Wildman–Crippen MR) is 91.4 cm³/mol. The highest BCUT2D eigenvalue weighted by Crippen LogP contribution is 2.23. The Morgan fingerprint density at radius 2 is 1.78 bits per heavy atom. The zero-order valence-electron chi connectivity index (χ0n) is 14.8. The van der Waals surface area contributed by atoms with Gasteiger partial charge < -0.3 is 14.8 Å². The number of hydrogen-bond acceptors (Lipinski definition) is 3. The topological polar surface area (TPSA) is 47.6 Å². The molecule has 0 radical (unpaired) electrons. The van der Waals surface area contributed by atoms with E-state index in [1.807, 2.05) is 6.92 Å². The van der Waals surface area contributed by atoms with E-state index in [0.717, 1.165) is 6.42 Å². The minimum absolute atomic E-state index is 0.0755. The van der Waals surface area contributed by atoms with Gasteiger partial charge in [-0.2, -0.15) is 0 Å². The summed E-state index contributed by atoms with van der Waals surface area (Å²) >= 11 is 0. The van der Waals surface area contributed by atoms with E-state index in [0.29, 0.717) is 32.6 Å². The van der Waals surface area contributed by atoms with Gasteiger partial charge in [-0.1, -0.05) is 45.0 Å². The summed E-state index contributed by atoms with van der Waals surface area (Å²) in [5.74, 6) is -0.456. The maximum Gasteiger partial charge on any atom is 0.220 e. The van der Waals surface area contributed by atoms with Gasteiger partial charge in [-0.3, -0.25) is 4.79 Å². The largest absolute Gasteiger partial charge is 0.356 e. The van der Waals surface area contributed by atoms with E-state index in [2.05, 4.69) is 50.4 Å². The molecule has 4 heteroatoms. The minimum atomic E-state index is -0.532. The van der Waals surface area contributed by atoms with Gasteiger partial charge in [0.15, 0.2) is 5.79 Å². The fourth-order valence-corrected chi connectivity index (χ4v) is 2.65. The van der Waals surface area contributed by atoms with Crippen molar-refractivity contribution < 1.29 is 14.3 Å². The van der Waals surface area contributed by atoms with E-state index >= 15 is 0 Å². The van der Waals surface area contributed by atoms with Crippen LogP contribution in [0.2, 0.25) is 0 Å². The summed E-state index contributed by atoms with van der Waals surface area (Å²) in [5.41, 5.74) is 2.68. The Morgan fingerprint density at radius 1 is 1.17 bits per heavy atom. The predicted octanol–water partition coefficient (Wildman–Crippen LogP) is 3.19. The van der Waals surface area contributed by atoms with Gasteiger partial charge >= 0.3 is 0 Å². The SMILES string of the molecule is CC1(CCNC(=O)CCc2ccc(C(C)(C)C)cc2)OCCO1. The Bertz CT molecular complexity index is 510. The Kier molecular flexibility index (Phi) is 5.82. The van der Waals surface area contributed by atoms with Crippen LogP contribution in [0, 0.1) is 0 Å². The molecule has 1 aromatic carbocycles. The monoisotopic (exact) mass is 319 g/mol. The van der Waals surface area contributed by atoms with E-state index < -0.39 is 5.79 Å². The van der Waals surface area contributed by atoms with Gasteiger partial charge in [0, 0.05) is 19.4 Å². The summed E-state index contributed by atoms with van der Waals surface area (Å²) in [6, 6.07) is 8.55. The van der Waals surface area contributed by atoms with Crippen molar-refractivity contribution in [1.29, 1.82) is 0 Å². The molecule has 1 aliphatic heterocycles. The van der Waals surface area contributed by atoms with Gasteiger partial charge in [-0.05, 0) is 29.9 Å². The Labute approximate surface area is 139 Å². The van der Waals surface area contributed by atoms with Crippen LogP contribution in [-0.2, 0) is 26.1 Å². The highest BCUT2D eigenvalue weighted by molar-refractivity contribution is 5.76. The first kappa shape index (κ1) is 18.0. The third-order valence-electron chi connectivity index (χ3n) is 4.26. The molecule has 0 spiro atoms. The lowest BCUT2D eigenvalue weighted by Crippen LogP contribution is -2.33. The lowest BCUT2D eigenvalue weighted by Gasteiger charge is -2.22. The molecule has 1 saturated heterocycles. The molecule has 1 aromatic rings. The Balaban J connectivity index is 1.70. The molecule has 1 fully saturated rings. The number of hydrogen-bond donors (Lipinski definition) is 1. The molecule has 4 nitrogen and oxygen atoms in total. The first-order valence-corrected chi connectivity index (χ1v) is 8.43. The van der Waals surface area contributed by atoms with Crippen LogP contribution < -0.4 is 5.32 Å². The summed E-state index contributed by atoms with van der Waals surface area (Å²) in [6.45, 7) is 10.4. The van der Waals surface area contributed by atoms with Crippen molar-refractivity contribution in [2.45, 2.75) is 58.2 Å². The number of ether oxygens (including phenoxy) is 2. The van der Waals surface area contributed by atoms with Crippen molar-refractivity contribution >= 4 is 5.91 Å². The lowest BCUT2D eigenvalue weighted by atomic mass is 9.86. The highest BCUT2D eigenvalue weighted by atomic mass is 16.7.